The second-order valence-corrected chi connectivity index (χ2v) is 7.92. The van der Waals surface area contributed by atoms with Crippen LogP contribution in [0.15, 0.2) is 65.1 Å². The summed E-state index contributed by atoms with van der Waals surface area (Å²) in [5.74, 6) is 0.410. The molecule has 0 aliphatic rings. The topological polar surface area (TPSA) is 98.3 Å². The van der Waals surface area contributed by atoms with Crippen molar-refractivity contribution in [2.45, 2.75) is 26.2 Å². The van der Waals surface area contributed by atoms with Crippen LogP contribution in [-0.4, -0.2) is 15.8 Å². The van der Waals surface area contributed by atoms with E-state index in [4.69, 9.17) is 16.0 Å². The first-order chi connectivity index (χ1) is 15.4. The van der Waals surface area contributed by atoms with Gasteiger partial charge in [0, 0.05) is 23.4 Å². The lowest BCUT2D eigenvalue weighted by Gasteiger charge is -2.07. The SMILES string of the molecule is CCC(C)c1ccc2oc(-c3cccc(NC(=O)c4ccc([N+](=O)[O-])cc4Cl)c3)nc2c1. The number of nitrogens with zero attached hydrogens (tertiary/aromatic N) is 2. The molecule has 1 unspecified atom stereocenters. The third-order valence-corrected chi connectivity index (χ3v) is 5.68. The number of aromatic nitrogens is 1. The number of nitro benzene ring substituents is 1. The number of rotatable bonds is 6. The van der Waals surface area contributed by atoms with Gasteiger partial charge in [0.2, 0.25) is 5.89 Å². The highest BCUT2D eigenvalue weighted by Gasteiger charge is 2.16. The zero-order chi connectivity index (χ0) is 22.8. The second kappa shape index (κ2) is 8.80. The second-order valence-electron chi connectivity index (χ2n) is 7.51. The maximum absolute atomic E-state index is 12.6. The average molecular weight is 450 g/mol. The van der Waals surface area contributed by atoms with Crippen molar-refractivity contribution < 1.29 is 14.1 Å². The van der Waals surface area contributed by atoms with Gasteiger partial charge in [-0.3, -0.25) is 14.9 Å². The van der Waals surface area contributed by atoms with Gasteiger partial charge in [-0.2, -0.15) is 0 Å². The highest BCUT2D eigenvalue weighted by molar-refractivity contribution is 6.34. The van der Waals surface area contributed by atoms with Gasteiger partial charge in [-0.1, -0.05) is 37.6 Å². The van der Waals surface area contributed by atoms with Crippen molar-refractivity contribution in [1.82, 2.24) is 4.98 Å². The van der Waals surface area contributed by atoms with Crippen molar-refractivity contribution in [2.24, 2.45) is 0 Å². The predicted molar refractivity (Wildman–Crippen MR) is 124 cm³/mol. The summed E-state index contributed by atoms with van der Waals surface area (Å²) in [6, 6.07) is 16.8. The van der Waals surface area contributed by atoms with Crippen molar-refractivity contribution in [3.63, 3.8) is 0 Å². The Labute approximate surface area is 189 Å². The molecule has 3 aromatic carbocycles. The third kappa shape index (κ3) is 4.33. The summed E-state index contributed by atoms with van der Waals surface area (Å²) in [5, 5.41) is 13.6. The van der Waals surface area contributed by atoms with E-state index in [-0.39, 0.29) is 16.3 Å². The molecule has 1 heterocycles. The van der Waals surface area contributed by atoms with E-state index < -0.39 is 10.8 Å². The first-order valence-corrected chi connectivity index (χ1v) is 10.5. The standard InChI is InChI=1S/C24H20ClN3O4/c1-3-14(2)15-7-10-22-21(12-15)27-24(32-22)16-5-4-6-17(11-16)26-23(29)19-9-8-18(28(30)31)13-20(19)25/h4-14H,3H2,1-2H3,(H,26,29). The number of amides is 1. The molecule has 1 N–H and O–H groups in total. The molecule has 162 valence electrons. The van der Waals surface area contributed by atoms with E-state index in [9.17, 15) is 14.9 Å². The number of hydrogen-bond acceptors (Lipinski definition) is 5. The Balaban J connectivity index is 1.58. The van der Waals surface area contributed by atoms with Gasteiger partial charge in [-0.15, -0.1) is 0 Å². The normalized spacial score (nSPS) is 12.0. The molecule has 8 heteroatoms. The molecular formula is C24H20ClN3O4. The van der Waals surface area contributed by atoms with Crippen LogP contribution in [0.4, 0.5) is 11.4 Å². The Bertz CT molecular complexity index is 1330. The molecule has 0 fully saturated rings. The number of carbonyl (C=O) groups excluding carboxylic acids is 1. The van der Waals surface area contributed by atoms with E-state index in [1.165, 1.54) is 17.7 Å². The highest BCUT2D eigenvalue weighted by Crippen LogP contribution is 2.29. The van der Waals surface area contributed by atoms with Crippen LogP contribution in [0.5, 0.6) is 0 Å². The van der Waals surface area contributed by atoms with Gasteiger partial charge in [0.25, 0.3) is 11.6 Å². The molecule has 0 radical (unpaired) electrons. The van der Waals surface area contributed by atoms with Gasteiger partial charge in [-0.05, 0) is 54.3 Å². The number of nitro groups is 1. The van der Waals surface area contributed by atoms with Gasteiger partial charge >= 0.3 is 0 Å². The molecule has 0 saturated carbocycles. The monoisotopic (exact) mass is 449 g/mol. The fourth-order valence-electron chi connectivity index (χ4n) is 3.34. The fourth-order valence-corrected chi connectivity index (χ4v) is 3.60. The van der Waals surface area contributed by atoms with E-state index in [1.807, 2.05) is 18.2 Å². The van der Waals surface area contributed by atoms with Gasteiger partial charge < -0.3 is 9.73 Å². The van der Waals surface area contributed by atoms with Crippen LogP contribution >= 0.6 is 11.6 Å². The Morgan fingerprint density at radius 1 is 1.19 bits per heavy atom. The van der Waals surface area contributed by atoms with E-state index in [1.54, 1.807) is 18.2 Å². The minimum Gasteiger partial charge on any atom is -0.436 e. The summed E-state index contributed by atoms with van der Waals surface area (Å²) in [5.41, 5.74) is 3.87. The van der Waals surface area contributed by atoms with Crippen molar-refractivity contribution >= 4 is 40.0 Å². The third-order valence-electron chi connectivity index (χ3n) is 5.37. The molecule has 32 heavy (non-hydrogen) atoms. The number of non-ortho nitro benzene ring substituents is 1. The summed E-state index contributed by atoms with van der Waals surface area (Å²) in [4.78, 5) is 27.5. The number of hydrogen-bond donors (Lipinski definition) is 1. The number of oxazole rings is 1. The van der Waals surface area contributed by atoms with Crippen molar-refractivity contribution in [1.29, 1.82) is 0 Å². The first-order valence-electron chi connectivity index (χ1n) is 10.1. The van der Waals surface area contributed by atoms with Crippen molar-refractivity contribution in [2.75, 3.05) is 5.32 Å². The Morgan fingerprint density at radius 2 is 2.00 bits per heavy atom. The van der Waals surface area contributed by atoms with Gasteiger partial charge in [0.1, 0.15) is 5.52 Å². The zero-order valence-electron chi connectivity index (χ0n) is 17.5. The fraction of sp³-hybridized carbons (Fsp3) is 0.167. The molecular weight excluding hydrogens is 430 g/mol. The summed E-state index contributed by atoms with van der Waals surface area (Å²) in [6.07, 6.45) is 1.04. The predicted octanol–water partition coefficient (Wildman–Crippen LogP) is 6.82. The molecule has 1 aromatic heterocycles. The van der Waals surface area contributed by atoms with Crippen LogP contribution < -0.4 is 5.32 Å². The average Bonchev–Trinajstić information content (AvgIpc) is 3.22. The number of benzene rings is 3. The molecule has 0 saturated heterocycles. The number of halogens is 1. The first kappa shape index (κ1) is 21.5. The minimum absolute atomic E-state index is 0.00363. The summed E-state index contributed by atoms with van der Waals surface area (Å²) < 4.78 is 5.91. The maximum Gasteiger partial charge on any atom is 0.270 e. The van der Waals surface area contributed by atoms with Crippen LogP contribution in [0.1, 0.15) is 42.1 Å². The molecule has 4 aromatic rings. The van der Waals surface area contributed by atoms with Crippen molar-refractivity contribution in [3.8, 4) is 11.5 Å². The van der Waals surface area contributed by atoms with Gasteiger partial charge in [0.15, 0.2) is 5.58 Å². The van der Waals surface area contributed by atoms with Gasteiger partial charge in [0.05, 0.1) is 15.5 Å². The summed E-state index contributed by atoms with van der Waals surface area (Å²) in [6.45, 7) is 4.32. The van der Waals surface area contributed by atoms with Crippen LogP contribution in [-0.2, 0) is 0 Å². The smallest absolute Gasteiger partial charge is 0.270 e. The minimum atomic E-state index is -0.566. The molecule has 0 spiro atoms. The summed E-state index contributed by atoms with van der Waals surface area (Å²) in [7, 11) is 0. The lowest BCUT2D eigenvalue weighted by molar-refractivity contribution is -0.384. The van der Waals surface area contributed by atoms with Gasteiger partial charge in [-0.25, -0.2) is 4.98 Å². The Kier molecular flexibility index (Phi) is 5.92. The largest absolute Gasteiger partial charge is 0.436 e. The summed E-state index contributed by atoms with van der Waals surface area (Å²) >= 11 is 6.06. The van der Waals surface area contributed by atoms with Crippen molar-refractivity contribution in [3.05, 3.63) is 86.9 Å². The zero-order valence-corrected chi connectivity index (χ0v) is 18.2. The van der Waals surface area contributed by atoms with E-state index in [0.29, 0.717) is 28.6 Å². The lowest BCUT2D eigenvalue weighted by atomic mass is 9.98. The number of nitrogens with one attached hydrogen (secondary N) is 1. The van der Waals surface area contributed by atoms with E-state index >= 15 is 0 Å². The van der Waals surface area contributed by atoms with Crippen LogP contribution in [0, 0.1) is 10.1 Å². The highest BCUT2D eigenvalue weighted by atomic mass is 35.5. The maximum atomic E-state index is 12.6. The number of carbonyl (C=O) groups is 1. The van der Waals surface area contributed by atoms with E-state index in [2.05, 4.69) is 30.2 Å². The molecule has 7 nitrogen and oxygen atoms in total. The molecule has 0 aliphatic heterocycles. The molecule has 1 atom stereocenters. The molecule has 0 bridgehead atoms. The molecule has 1 amide bonds. The lowest BCUT2D eigenvalue weighted by Crippen LogP contribution is -2.12. The number of fused-ring (bicyclic) bond motifs is 1. The van der Waals surface area contributed by atoms with Crippen LogP contribution in [0.2, 0.25) is 5.02 Å². The Morgan fingerprint density at radius 3 is 2.72 bits per heavy atom. The Hall–Kier alpha value is -3.71. The molecule has 4 rings (SSSR count). The number of anilines is 1. The van der Waals surface area contributed by atoms with E-state index in [0.717, 1.165) is 18.0 Å². The van der Waals surface area contributed by atoms with Crippen LogP contribution in [0.25, 0.3) is 22.6 Å². The quantitative estimate of drug-likeness (QED) is 0.257. The molecule has 0 aliphatic carbocycles. The van der Waals surface area contributed by atoms with Crippen LogP contribution in [0.3, 0.4) is 0 Å².